The first-order valence-electron chi connectivity index (χ1n) is 11.2. The zero-order chi connectivity index (χ0) is 23.2. The molecule has 0 aromatic heterocycles. The third-order valence-electron chi connectivity index (χ3n) is 5.73. The van der Waals surface area contributed by atoms with Crippen LogP contribution in [0.15, 0.2) is 48.5 Å². The number of unbranched alkanes of at least 4 members (excludes halogenated alkanes) is 2. The summed E-state index contributed by atoms with van der Waals surface area (Å²) in [6, 6.07) is 13.9. The van der Waals surface area contributed by atoms with Gasteiger partial charge in [-0.3, -0.25) is 29.4 Å². The molecule has 0 bridgehead atoms. The zero-order valence-electron chi connectivity index (χ0n) is 18.2. The first-order valence-corrected chi connectivity index (χ1v) is 11.2. The lowest BCUT2D eigenvalue weighted by Gasteiger charge is -2.27. The maximum Gasteiger partial charge on any atom is 0.266 e. The van der Waals surface area contributed by atoms with Crippen LogP contribution in [0.2, 0.25) is 0 Å². The number of benzene rings is 2. The Morgan fingerprint density at radius 3 is 2.45 bits per heavy atom. The molecule has 8 heteroatoms. The molecule has 0 radical (unpaired) electrons. The van der Waals surface area contributed by atoms with Crippen molar-refractivity contribution in [2.24, 2.45) is 0 Å². The van der Waals surface area contributed by atoms with Gasteiger partial charge >= 0.3 is 0 Å². The van der Waals surface area contributed by atoms with Gasteiger partial charge in [0.25, 0.3) is 11.8 Å². The van der Waals surface area contributed by atoms with Crippen LogP contribution < -0.4 is 10.1 Å². The summed E-state index contributed by atoms with van der Waals surface area (Å²) in [5, 5.41) is 2.20. The molecule has 1 unspecified atom stereocenters. The van der Waals surface area contributed by atoms with Crippen LogP contribution in [0.1, 0.15) is 58.4 Å². The van der Waals surface area contributed by atoms with Gasteiger partial charge in [0.15, 0.2) is 0 Å². The molecule has 1 N–H and O–H groups in total. The van der Waals surface area contributed by atoms with Crippen LogP contribution in [-0.4, -0.2) is 47.8 Å². The number of fused-ring (bicyclic) bond motifs is 1. The molecule has 1 atom stereocenters. The fourth-order valence-corrected chi connectivity index (χ4v) is 4.03. The molecule has 2 aromatic rings. The molecular formula is C25H26N2O6. The smallest absolute Gasteiger partial charge is 0.266 e. The van der Waals surface area contributed by atoms with Crippen LogP contribution in [0.5, 0.6) is 5.75 Å². The van der Waals surface area contributed by atoms with Gasteiger partial charge < -0.3 is 9.47 Å². The van der Waals surface area contributed by atoms with Gasteiger partial charge in [0, 0.05) is 13.0 Å². The molecule has 33 heavy (non-hydrogen) atoms. The Morgan fingerprint density at radius 1 is 0.879 bits per heavy atom. The van der Waals surface area contributed by atoms with E-state index in [1.165, 1.54) is 0 Å². The van der Waals surface area contributed by atoms with Gasteiger partial charge in [0.05, 0.1) is 24.3 Å². The summed E-state index contributed by atoms with van der Waals surface area (Å²) >= 11 is 0. The molecule has 172 valence electrons. The Bertz CT molecular complexity index is 1050. The molecule has 2 heterocycles. The number of carbonyl (C=O) groups excluding carboxylic acids is 4. The number of hydrogen-bond donors (Lipinski definition) is 1. The van der Waals surface area contributed by atoms with Crippen molar-refractivity contribution in [3.05, 3.63) is 65.2 Å². The summed E-state index contributed by atoms with van der Waals surface area (Å²) in [4.78, 5) is 50.4. The number of piperidine rings is 1. The number of nitrogens with zero attached hydrogens (tertiary/aromatic N) is 1. The highest BCUT2D eigenvalue weighted by molar-refractivity contribution is 6.24. The SMILES string of the molecule is O=C1CCC(N2C(=O)c3cccc(OCCCCCOCc4ccccc4)c3C2=O)C(=O)N1. The molecule has 8 nitrogen and oxygen atoms in total. The molecule has 0 spiro atoms. The fourth-order valence-electron chi connectivity index (χ4n) is 4.03. The highest BCUT2D eigenvalue weighted by atomic mass is 16.5. The van der Waals surface area contributed by atoms with Gasteiger partial charge in [-0.2, -0.15) is 0 Å². The molecule has 0 aliphatic carbocycles. The highest BCUT2D eigenvalue weighted by Gasteiger charge is 2.45. The van der Waals surface area contributed by atoms with Crippen molar-refractivity contribution < 1.29 is 28.7 Å². The fraction of sp³-hybridized carbons (Fsp3) is 0.360. The zero-order valence-corrected chi connectivity index (χ0v) is 18.2. The molecule has 4 rings (SSSR count). The van der Waals surface area contributed by atoms with Crippen molar-refractivity contribution in [1.82, 2.24) is 10.2 Å². The number of imide groups is 2. The number of hydrogen-bond acceptors (Lipinski definition) is 6. The van der Waals surface area contributed by atoms with E-state index in [2.05, 4.69) is 5.32 Å². The summed E-state index contributed by atoms with van der Waals surface area (Å²) in [6.07, 6.45) is 2.78. The molecule has 2 aliphatic rings. The summed E-state index contributed by atoms with van der Waals surface area (Å²) in [7, 11) is 0. The van der Waals surface area contributed by atoms with Crippen molar-refractivity contribution in [3.63, 3.8) is 0 Å². The van der Waals surface area contributed by atoms with E-state index in [0.29, 0.717) is 25.6 Å². The molecule has 0 saturated carbocycles. The standard InChI is InChI=1S/C25H26N2O6/c28-21-13-12-19(23(29)26-21)27-24(30)18-10-7-11-20(22(18)25(27)31)33-15-6-2-5-14-32-16-17-8-3-1-4-9-17/h1,3-4,7-11,19H,2,5-6,12-16H2,(H,26,28,29). The van der Waals surface area contributed by atoms with Gasteiger partial charge in [-0.05, 0) is 43.4 Å². The monoisotopic (exact) mass is 450 g/mol. The molecule has 2 aromatic carbocycles. The van der Waals surface area contributed by atoms with Crippen molar-refractivity contribution in [2.45, 2.75) is 44.8 Å². The predicted molar refractivity (Wildman–Crippen MR) is 119 cm³/mol. The lowest BCUT2D eigenvalue weighted by atomic mass is 10.0. The molecule has 2 aliphatic heterocycles. The number of ether oxygens (including phenoxy) is 2. The lowest BCUT2D eigenvalue weighted by Crippen LogP contribution is -2.54. The Hall–Kier alpha value is -3.52. The average Bonchev–Trinajstić information content (AvgIpc) is 3.07. The normalized spacial score (nSPS) is 17.8. The second-order valence-electron chi connectivity index (χ2n) is 8.07. The third kappa shape index (κ3) is 5.12. The average molecular weight is 450 g/mol. The first-order chi connectivity index (χ1) is 16.1. The van der Waals surface area contributed by atoms with Crippen LogP contribution in [-0.2, 0) is 20.9 Å². The number of amides is 4. The van der Waals surface area contributed by atoms with E-state index in [1.807, 2.05) is 30.3 Å². The van der Waals surface area contributed by atoms with E-state index >= 15 is 0 Å². The summed E-state index contributed by atoms with van der Waals surface area (Å²) in [5.41, 5.74) is 1.54. The predicted octanol–water partition coefficient (Wildman–Crippen LogP) is 2.85. The minimum Gasteiger partial charge on any atom is -0.493 e. The van der Waals surface area contributed by atoms with Crippen LogP contribution in [0.3, 0.4) is 0 Å². The summed E-state index contributed by atoms with van der Waals surface area (Å²) < 4.78 is 11.5. The van der Waals surface area contributed by atoms with E-state index in [1.54, 1.807) is 18.2 Å². The van der Waals surface area contributed by atoms with Gasteiger partial charge in [0.1, 0.15) is 11.8 Å². The molecule has 1 fully saturated rings. The second kappa shape index (κ2) is 10.4. The number of nitrogens with one attached hydrogen (secondary N) is 1. The van der Waals surface area contributed by atoms with Gasteiger partial charge in [-0.15, -0.1) is 0 Å². The minimum absolute atomic E-state index is 0.0855. The Balaban J connectivity index is 1.26. The lowest BCUT2D eigenvalue weighted by molar-refractivity contribution is -0.136. The van der Waals surface area contributed by atoms with E-state index < -0.39 is 29.7 Å². The molecule has 4 amide bonds. The van der Waals surface area contributed by atoms with Crippen molar-refractivity contribution >= 4 is 23.6 Å². The van der Waals surface area contributed by atoms with E-state index in [9.17, 15) is 19.2 Å². The molecular weight excluding hydrogens is 424 g/mol. The Morgan fingerprint density at radius 2 is 1.67 bits per heavy atom. The number of carbonyl (C=O) groups is 4. The van der Waals surface area contributed by atoms with E-state index in [0.717, 1.165) is 29.7 Å². The van der Waals surface area contributed by atoms with Crippen LogP contribution in [0.25, 0.3) is 0 Å². The maximum atomic E-state index is 13.0. The van der Waals surface area contributed by atoms with E-state index in [4.69, 9.17) is 9.47 Å². The van der Waals surface area contributed by atoms with Crippen molar-refractivity contribution in [2.75, 3.05) is 13.2 Å². The summed E-state index contributed by atoms with van der Waals surface area (Å²) in [6.45, 7) is 1.64. The van der Waals surface area contributed by atoms with Crippen LogP contribution >= 0.6 is 0 Å². The van der Waals surface area contributed by atoms with Gasteiger partial charge in [-0.1, -0.05) is 36.4 Å². The Kier molecular flexibility index (Phi) is 7.14. The topological polar surface area (TPSA) is 102 Å². The van der Waals surface area contributed by atoms with Crippen molar-refractivity contribution in [1.29, 1.82) is 0 Å². The maximum absolute atomic E-state index is 13.0. The second-order valence-corrected chi connectivity index (χ2v) is 8.07. The number of rotatable bonds is 10. The minimum atomic E-state index is -0.987. The Labute approximate surface area is 191 Å². The van der Waals surface area contributed by atoms with Crippen LogP contribution in [0, 0.1) is 0 Å². The van der Waals surface area contributed by atoms with Gasteiger partial charge in [-0.25, -0.2) is 0 Å². The largest absolute Gasteiger partial charge is 0.493 e. The van der Waals surface area contributed by atoms with Crippen molar-refractivity contribution in [3.8, 4) is 5.75 Å². The van der Waals surface area contributed by atoms with Crippen LogP contribution in [0.4, 0.5) is 0 Å². The highest BCUT2D eigenvalue weighted by Crippen LogP contribution is 2.33. The first kappa shape index (κ1) is 22.7. The molecule has 1 saturated heterocycles. The quantitative estimate of drug-likeness (QED) is 0.441. The summed E-state index contributed by atoms with van der Waals surface area (Å²) in [5.74, 6) is -1.79. The van der Waals surface area contributed by atoms with E-state index in [-0.39, 0.29) is 24.0 Å². The van der Waals surface area contributed by atoms with Gasteiger partial charge in [0.2, 0.25) is 11.8 Å². The third-order valence-corrected chi connectivity index (χ3v) is 5.73.